The van der Waals surface area contributed by atoms with Crippen molar-refractivity contribution in [2.75, 3.05) is 6.61 Å². The maximum Gasteiger partial charge on any atom is 0.338 e. The van der Waals surface area contributed by atoms with E-state index in [0.717, 1.165) is 6.42 Å². The summed E-state index contributed by atoms with van der Waals surface area (Å²) in [5.74, 6) is -0.311. The molecule has 0 aliphatic rings. The maximum atomic E-state index is 11.6. The van der Waals surface area contributed by atoms with Crippen LogP contribution in [0, 0.1) is 0 Å². The molecule has 1 atom stereocenters. The number of rotatable bonds is 7. The Labute approximate surface area is 108 Å². The van der Waals surface area contributed by atoms with Gasteiger partial charge in [0.05, 0.1) is 18.3 Å². The Morgan fingerprint density at radius 1 is 1.39 bits per heavy atom. The Kier molecular flexibility index (Phi) is 6.81. The van der Waals surface area contributed by atoms with Crippen molar-refractivity contribution in [2.45, 2.75) is 32.3 Å². The highest BCUT2D eigenvalue weighted by molar-refractivity contribution is 5.89. The second kappa shape index (κ2) is 8.48. The topological polar surface area (TPSA) is 46.5 Å². The zero-order valence-electron chi connectivity index (χ0n) is 10.7. The van der Waals surface area contributed by atoms with E-state index >= 15 is 0 Å². The first-order chi connectivity index (χ1) is 8.74. The standard InChI is InChI=1S/C15H20O3/c1-2-3-10-14(16)11-7-12-18-15(17)13-8-5-4-6-9-13/h3-6,8-10,14,16H,2,7,11-12H2,1H3. The highest BCUT2D eigenvalue weighted by Crippen LogP contribution is 2.04. The first-order valence-corrected chi connectivity index (χ1v) is 6.31. The molecule has 0 fully saturated rings. The number of aliphatic hydroxyl groups excluding tert-OH is 1. The fourth-order valence-electron chi connectivity index (χ4n) is 1.50. The molecule has 1 aromatic rings. The predicted octanol–water partition coefficient (Wildman–Crippen LogP) is 2.95. The van der Waals surface area contributed by atoms with Crippen molar-refractivity contribution in [3.63, 3.8) is 0 Å². The smallest absolute Gasteiger partial charge is 0.338 e. The lowest BCUT2D eigenvalue weighted by Gasteiger charge is -2.06. The molecule has 0 bridgehead atoms. The van der Waals surface area contributed by atoms with Gasteiger partial charge in [0.25, 0.3) is 0 Å². The molecule has 1 aromatic carbocycles. The summed E-state index contributed by atoms with van der Waals surface area (Å²) in [4.78, 5) is 11.6. The third kappa shape index (κ3) is 5.64. The lowest BCUT2D eigenvalue weighted by Crippen LogP contribution is -2.09. The fourth-order valence-corrected chi connectivity index (χ4v) is 1.50. The Bertz CT molecular complexity index is 371. The number of allylic oxidation sites excluding steroid dienone is 1. The highest BCUT2D eigenvalue weighted by Gasteiger charge is 2.06. The minimum atomic E-state index is -0.444. The molecule has 98 valence electrons. The van der Waals surface area contributed by atoms with Crippen LogP contribution in [0.15, 0.2) is 42.5 Å². The molecule has 0 heterocycles. The zero-order valence-corrected chi connectivity index (χ0v) is 10.7. The SMILES string of the molecule is CCC=CC(O)CCCOC(=O)c1ccccc1. The van der Waals surface area contributed by atoms with Crippen molar-refractivity contribution in [3.8, 4) is 0 Å². The van der Waals surface area contributed by atoms with E-state index < -0.39 is 6.10 Å². The normalized spacial score (nSPS) is 12.6. The van der Waals surface area contributed by atoms with Gasteiger partial charge in [-0.2, -0.15) is 0 Å². The summed E-state index contributed by atoms with van der Waals surface area (Å²) in [7, 11) is 0. The summed E-state index contributed by atoms with van der Waals surface area (Å²) >= 11 is 0. The monoisotopic (exact) mass is 248 g/mol. The van der Waals surface area contributed by atoms with Crippen LogP contribution in [-0.4, -0.2) is 23.8 Å². The van der Waals surface area contributed by atoms with E-state index in [-0.39, 0.29) is 5.97 Å². The second-order valence-electron chi connectivity index (χ2n) is 4.05. The van der Waals surface area contributed by atoms with Crippen molar-refractivity contribution in [3.05, 3.63) is 48.0 Å². The minimum Gasteiger partial charge on any atom is -0.462 e. The predicted molar refractivity (Wildman–Crippen MR) is 71.4 cm³/mol. The van der Waals surface area contributed by atoms with Gasteiger partial charge in [-0.25, -0.2) is 4.79 Å². The molecular formula is C15H20O3. The van der Waals surface area contributed by atoms with Crippen LogP contribution >= 0.6 is 0 Å². The van der Waals surface area contributed by atoms with Gasteiger partial charge in [-0.15, -0.1) is 0 Å². The van der Waals surface area contributed by atoms with E-state index in [0.29, 0.717) is 25.0 Å². The summed E-state index contributed by atoms with van der Waals surface area (Å²) in [6.07, 6.45) is 5.45. The van der Waals surface area contributed by atoms with Crippen LogP contribution in [0.3, 0.4) is 0 Å². The average Bonchev–Trinajstić information content (AvgIpc) is 2.42. The zero-order chi connectivity index (χ0) is 13.2. The van der Waals surface area contributed by atoms with E-state index in [9.17, 15) is 9.90 Å². The average molecular weight is 248 g/mol. The minimum absolute atomic E-state index is 0.311. The molecule has 0 radical (unpaired) electrons. The lowest BCUT2D eigenvalue weighted by atomic mass is 10.2. The maximum absolute atomic E-state index is 11.6. The van der Waals surface area contributed by atoms with Crippen LogP contribution in [0.4, 0.5) is 0 Å². The molecule has 3 nitrogen and oxygen atoms in total. The van der Waals surface area contributed by atoms with Crippen LogP contribution < -0.4 is 0 Å². The number of benzene rings is 1. The van der Waals surface area contributed by atoms with Crippen LogP contribution in [-0.2, 0) is 4.74 Å². The molecule has 0 saturated carbocycles. The first kappa shape index (κ1) is 14.5. The molecule has 0 spiro atoms. The van der Waals surface area contributed by atoms with Crippen LogP contribution in [0.1, 0.15) is 36.5 Å². The van der Waals surface area contributed by atoms with Gasteiger partial charge in [-0.1, -0.05) is 37.3 Å². The van der Waals surface area contributed by atoms with Crippen LogP contribution in [0.25, 0.3) is 0 Å². The molecule has 1 rings (SSSR count). The first-order valence-electron chi connectivity index (χ1n) is 6.31. The fraction of sp³-hybridized carbons (Fsp3) is 0.400. The van der Waals surface area contributed by atoms with Crippen molar-refractivity contribution in [1.82, 2.24) is 0 Å². The summed E-state index contributed by atoms with van der Waals surface area (Å²) in [5.41, 5.74) is 0.559. The van der Waals surface area contributed by atoms with Crippen LogP contribution in [0.5, 0.6) is 0 Å². The Morgan fingerprint density at radius 2 is 2.11 bits per heavy atom. The van der Waals surface area contributed by atoms with Crippen LogP contribution in [0.2, 0.25) is 0 Å². The van der Waals surface area contributed by atoms with Gasteiger partial charge in [-0.05, 0) is 31.4 Å². The Morgan fingerprint density at radius 3 is 2.78 bits per heavy atom. The van der Waals surface area contributed by atoms with Gasteiger partial charge < -0.3 is 9.84 Å². The summed E-state index contributed by atoms with van der Waals surface area (Å²) in [5, 5.41) is 9.54. The van der Waals surface area contributed by atoms with E-state index in [1.165, 1.54) is 0 Å². The summed E-state index contributed by atoms with van der Waals surface area (Å²) < 4.78 is 5.11. The number of aliphatic hydroxyl groups is 1. The molecule has 0 aromatic heterocycles. The van der Waals surface area contributed by atoms with Gasteiger partial charge in [0.1, 0.15) is 0 Å². The van der Waals surface area contributed by atoms with E-state index in [2.05, 4.69) is 0 Å². The molecule has 1 N–H and O–H groups in total. The molecule has 0 aliphatic carbocycles. The quantitative estimate of drug-likeness (QED) is 0.458. The largest absolute Gasteiger partial charge is 0.462 e. The van der Waals surface area contributed by atoms with Gasteiger partial charge in [0.15, 0.2) is 0 Å². The second-order valence-corrected chi connectivity index (χ2v) is 4.05. The molecule has 0 amide bonds. The lowest BCUT2D eigenvalue weighted by molar-refractivity contribution is 0.0485. The molecular weight excluding hydrogens is 228 g/mol. The van der Waals surface area contributed by atoms with Crippen molar-refractivity contribution in [1.29, 1.82) is 0 Å². The number of hydrogen-bond donors (Lipinski definition) is 1. The number of carbonyl (C=O) groups excluding carboxylic acids is 1. The van der Waals surface area contributed by atoms with Gasteiger partial charge in [-0.3, -0.25) is 0 Å². The highest BCUT2D eigenvalue weighted by atomic mass is 16.5. The summed E-state index contributed by atoms with van der Waals surface area (Å²) in [6.45, 7) is 2.36. The molecule has 18 heavy (non-hydrogen) atoms. The van der Waals surface area contributed by atoms with Crippen molar-refractivity contribution >= 4 is 5.97 Å². The van der Waals surface area contributed by atoms with Gasteiger partial charge in [0.2, 0.25) is 0 Å². The van der Waals surface area contributed by atoms with Gasteiger partial charge in [0, 0.05) is 0 Å². The third-order valence-corrected chi connectivity index (χ3v) is 2.48. The number of esters is 1. The van der Waals surface area contributed by atoms with Crippen molar-refractivity contribution < 1.29 is 14.6 Å². The molecule has 3 heteroatoms. The Balaban J connectivity index is 2.19. The molecule has 0 aliphatic heterocycles. The number of ether oxygens (including phenoxy) is 1. The van der Waals surface area contributed by atoms with Crippen molar-refractivity contribution in [2.24, 2.45) is 0 Å². The van der Waals surface area contributed by atoms with Gasteiger partial charge >= 0.3 is 5.97 Å². The molecule has 0 saturated heterocycles. The third-order valence-electron chi connectivity index (χ3n) is 2.48. The molecule has 1 unspecified atom stereocenters. The van der Waals surface area contributed by atoms with E-state index in [1.807, 2.05) is 19.1 Å². The number of hydrogen-bond acceptors (Lipinski definition) is 3. The number of carbonyl (C=O) groups is 1. The van der Waals surface area contributed by atoms with E-state index in [4.69, 9.17) is 4.74 Å². The van der Waals surface area contributed by atoms with E-state index in [1.54, 1.807) is 30.3 Å². The Hall–Kier alpha value is -1.61. The summed E-state index contributed by atoms with van der Waals surface area (Å²) in [6, 6.07) is 8.90.